The highest BCUT2D eigenvalue weighted by atomic mass is 16.5. The lowest BCUT2D eigenvalue weighted by molar-refractivity contribution is -0.0498. The van der Waals surface area contributed by atoms with E-state index in [0.29, 0.717) is 30.2 Å². The lowest BCUT2D eigenvalue weighted by Crippen LogP contribution is -2.53. The van der Waals surface area contributed by atoms with E-state index in [1.54, 1.807) is 33.5 Å². The van der Waals surface area contributed by atoms with Gasteiger partial charge in [-0.3, -0.25) is 14.6 Å². The van der Waals surface area contributed by atoms with E-state index >= 15 is 0 Å². The topological polar surface area (TPSA) is 63.7 Å². The molecule has 2 saturated heterocycles. The van der Waals surface area contributed by atoms with Crippen molar-refractivity contribution in [2.45, 2.75) is 12.6 Å². The lowest BCUT2D eigenvalue weighted by Gasteiger charge is -2.39. The number of amides is 1. The second kappa shape index (κ2) is 11.6. The Balaban J connectivity index is 1.30. The zero-order valence-electron chi connectivity index (χ0n) is 20.4. The Kier molecular flexibility index (Phi) is 8.26. The Hall–Kier alpha value is -2.81. The highest BCUT2D eigenvalue weighted by Gasteiger charge is 2.29. The number of hydrogen-bond donors (Lipinski definition) is 0. The fourth-order valence-corrected chi connectivity index (χ4v) is 4.75. The zero-order chi connectivity index (χ0) is 23.9. The van der Waals surface area contributed by atoms with Crippen LogP contribution in [0.1, 0.15) is 15.9 Å². The number of carbonyl (C=O) groups excluding carboxylic acids is 1. The van der Waals surface area contributed by atoms with Gasteiger partial charge in [-0.2, -0.15) is 0 Å². The summed E-state index contributed by atoms with van der Waals surface area (Å²) in [6.45, 7) is 7.20. The first kappa shape index (κ1) is 24.3. The minimum absolute atomic E-state index is 0.0501. The van der Waals surface area contributed by atoms with Crippen molar-refractivity contribution in [1.29, 1.82) is 0 Å². The van der Waals surface area contributed by atoms with Crippen molar-refractivity contribution >= 4 is 5.91 Å². The lowest BCUT2D eigenvalue weighted by atomic mass is 10.1. The van der Waals surface area contributed by atoms with Crippen molar-refractivity contribution in [2.24, 2.45) is 0 Å². The molecule has 0 saturated carbocycles. The van der Waals surface area contributed by atoms with Gasteiger partial charge in [0.2, 0.25) is 0 Å². The van der Waals surface area contributed by atoms with Crippen LogP contribution in [0.25, 0.3) is 0 Å². The van der Waals surface area contributed by atoms with Crippen LogP contribution in [0.4, 0.5) is 0 Å². The number of ether oxygens (including phenoxy) is 4. The SMILES string of the molecule is COc1ccccc1CN1CCOC(CN2CCN(C(=O)c3c(OC)cccc3OC)CC2)C1. The monoisotopic (exact) mass is 469 g/mol. The van der Waals surface area contributed by atoms with E-state index in [1.807, 2.05) is 23.1 Å². The maximum absolute atomic E-state index is 13.2. The van der Waals surface area contributed by atoms with Crippen LogP contribution >= 0.6 is 0 Å². The molecule has 1 amide bonds. The summed E-state index contributed by atoms with van der Waals surface area (Å²) in [4.78, 5) is 19.9. The summed E-state index contributed by atoms with van der Waals surface area (Å²) in [5.74, 6) is 1.96. The standard InChI is InChI=1S/C26H35N3O5/c1-31-22-8-5-4-7-20(22)17-28-15-16-34-21(19-28)18-27-11-13-29(14-12-27)26(30)25-23(32-2)9-6-10-24(25)33-3/h4-10,21H,11-19H2,1-3H3. The predicted octanol–water partition coefficient (Wildman–Crippen LogP) is 2.37. The molecule has 2 heterocycles. The molecular weight excluding hydrogens is 434 g/mol. The largest absolute Gasteiger partial charge is 0.496 e. The third-order valence-corrected chi connectivity index (χ3v) is 6.57. The number of hydrogen-bond acceptors (Lipinski definition) is 7. The molecule has 0 aromatic heterocycles. The summed E-state index contributed by atoms with van der Waals surface area (Å²) >= 11 is 0. The first-order chi connectivity index (χ1) is 16.6. The summed E-state index contributed by atoms with van der Waals surface area (Å²) < 4.78 is 22.4. The Morgan fingerprint density at radius 3 is 2.18 bits per heavy atom. The fourth-order valence-electron chi connectivity index (χ4n) is 4.75. The molecule has 0 N–H and O–H groups in total. The maximum atomic E-state index is 13.2. The Morgan fingerprint density at radius 1 is 0.853 bits per heavy atom. The number of benzene rings is 2. The number of rotatable bonds is 8. The summed E-state index contributed by atoms with van der Waals surface area (Å²) in [6.07, 6.45) is 0.153. The van der Waals surface area contributed by atoms with Crippen LogP contribution in [-0.2, 0) is 11.3 Å². The van der Waals surface area contributed by atoms with E-state index in [4.69, 9.17) is 18.9 Å². The Bertz CT molecular complexity index is 939. The van der Waals surface area contributed by atoms with Crippen LogP contribution in [-0.4, -0.2) is 100 Å². The van der Waals surface area contributed by atoms with Crippen molar-refractivity contribution < 1.29 is 23.7 Å². The van der Waals surface area contributed by atoms with E-state index < -0.39 is 0 Å². The van der Waals surface area contributed by atoms with Crippen molar-refractivity contribution in [3.63, 3.8) is 0 Å². The third-order valence-electron chi connectivity index (χ3n) is 6.57. The van der Waals surface area contributed by atoms with Crippen molar-refractivity contribution in [3.05, 3.63) is 53.6 Å². The predicted molar refractivity (Wildman–Crippen MR) is 130 cm³/mol. The van der Waals surface area contributed by atoms with Gasteiger partial charge in [0, 0.05) is 57.9 Å². The second-order valence-electron chi connectivity index (χ2n) is 8.67. The van der Waals surface area contributed by atoms with Gasteiger partial charge in [-0.25, -0.2) is 0 Å². The van der Waals surface area contributed by atoms with Crippen molar-refractivity contribution in [1.82, 2.24) is 14.7 Å². The molecule has 1 atom stereocenters. The van der Waals surface area contributed by atoms with Gasteiger partial charge in [-0.15, -0.1) is 0 Å². The number of morpholine rings is 1. The van der Waals surface area contributed by atoms with Crippen LogP contribution < -0.4 is 14.2 Å². The maximum Gasteiger partial charge on any atom is 0.261 e. The Labute approximate surface area is 201 Å². The van der Waals surface area contributed by atoms with Gasteiger partial charge in [0.25, 0.3) is 5.91 Å². The van der Waals surface area contributed by atoms with E-state index in [2.05, 4.69) is 21.9 Å². The van der Waals surface area contributed by atoms with Crippen molar-refractivity contribution in [3.8, 4) is 17.2 Å². The number of piperazine rings is 1. The molecule has 2 aliphatic rings. The molecule has 2 fully saturated rings. The molecule has 4 rings (SSSR count). The molecule has 0 bridgehead atoms. The molecule has 0 radical (unpaired) electrons. The minimum Gasteiger partial charge on any atom is -0.496 e. The summed E-state index contributed by atoms with van der Waals surface area (Å²) in [5, 5.41) is 0. The highest BCUT2D eigenvalue weighted by Crippen LogP contribution is 2.30. The normalized spacial score (nSPS) is 19.6. The van der Waals surface area contributed by atoms with E-state index in [1.165, 1.54) is 5.56 Å². The highest BCUT2D eigenvalue weighted by molar-refractivity contribution is 5.99. The van der Waals surface area contributed by atoms with Crippen LogP contribution in [0.5, 0.6) is 17.2 Å². The summed E-state index contributed by atoms with van der Waals surface area (Å²) in [6, 6.07) is 13.6. The van der Waals surface area contributed by atoms with Gasteiger partial charge in [0.1, 0.15) is 22.8 Å². The third kappa shape index (κ3) is 5.63. The Morgan fingerprint density at radius 2 is 1.50 bits per heavy atom. The number of para-hydroxylation sites is 1. The van der Waals surface area contributed by atoms with Crippen LogP contribution in [0.15, 0.2) is 42.5 Å². The van der Waals surface area contributed by atoms with Crippen molar-refractivity contribution in [2.75, 3.05) is 73.7 Å². The first-order valence-electron chi connectivity index (χ1n) is 11.8. The molecule has 8 heteroatoms. The van der Waals surface area contributed by atoms with E-state index in [9.17, 15) is 4.79 Å². The molecule has 34 heavy (non-hydrogen) atoms. The van der Waals surface area contributed by atoms with Gasteiger partial charge in [-0.05, 0) is 18.2 Å². The average molecular weight is 470 g/mol. The summed E-state index contributed by atoms with van der Waals surface area (Å²) in [7, 11) is 4.87. The number of nitrogens with zero attached hydrogens (tertiary/aromatic N) is 3. The number of carbonyl (C=O) groups is 1. The number of methoxy groups -OCH3 is 3. The van der Waals surface area contributed by atoms with E-state index in [0.717, 1.165) is 51.6 Å². The van der Waals surface area contributed by atoms with E-state index in [-0.39, 0.29) is 12.0 Å². The zero-order valence-corrected chi connectivity index (χ0v) is 20.4. The quantitative estimate of drug-likeness (QED) is 0.588. The molecule has 1 unspecified atom stereocenters. The van der Waals surface area contributed by atoms with Gasteiger partial charge < -0.3 is 23.8 Å². The van der Waals surface area contributed by atoms with Crippen LogP contribution in [0, 0.1) is 0 Å². The van der Waals surface area contributed by atoms with Gasteiger partial charge in [0.15, 0.2) is 0 Å². The molecule has 184 valence electrons. The molecular formula is C26H35N3O5. The molecule has 2 aliphatic heterocycles. The van der Waals surface area contributed by atoms with Gasteiger partial charge in [0.05, 0.1) is 34.0 Å². The molecule has 2 aromatic carbocycles. The summed E-state index contributed by atoms with van der Waals surface area (Å²) in [5.41, 5.74) is 1.69. The fraction of sp³-hybridized carbons (Fsp3) is 0.500. The average Bonchev–Trinajstić information content (AvgIpc) is 2.88. The van der Waals surface area contributed by atoms with Gasteiger partial charge in [-0.1, -0.05) is 24.3 Å². The molecule has 2 aromatic rings. The van der Waals surface area contributed by atoms with Crippen LogP contribution in [0.2, 0.25) is 0 Å². The smallest absolute Gasteiger partial charge is 0.261 e. The molecule has 0 spiro atoms. The molecule has 0 aliphatic carbocycles. The second-order valence-corrected chi connectivity index (χ2v) is 8.67. The minimum atomic E-state index is -0.0501. The first-order valence-corrected chi connectivity index (χ1v) is 11.8. The van der Waals surface area contributed by atoms with Crippen LogP contribution in [0.3, 0.4) is 0 Å². The molecule has 8 nitrogen and oxygen atoms in total. The van der Waals surface area contributed by atoms with Gasteiger partial charge >= 0.3 is 0 Å².